The molecule has 0 saturated heterocycles. The lowest BCUT2D eigenvalue weighted by atomic mass is 10.1. The molecule has 30 heavy (non-hydrogen) atoms. The van der Waals surface area contributed by atoms with E-state index in [1.54, 1.807) is 7.05 Å². The fourth-order valence-electron chi connectivity index (χ4n) is 3.57. The quantitative estimate of drug-likeness (QED) is 0.382. The number of rotatable bonds is 6. The van der Waals surface area contributed by atoms with Gasteiger partial charge >= 0.3 is 0 Å². The predicted molar refractivity (Wildman–Crippen MR) is 122 cm³/mol. The topological polar surface area (TPSA) is 69.2 Å². The first-order valence-corrected chi connectivity index (χ1v) is 10.1. The lowest BCUT2D eigenvalue weighted by Crippen LogP contribution is -2.39. The van der Waals surface area contributed by atoms with Gasteiger partial charge < -0.3 is 15.2 Å². The molecule has 2 aromatic carbocycles. The Balaban J connectivity index is 1.35. The van der Waals surface area contributed by atoms with Crippen LogP contribution in [0, 0.1) is 0 Å². The van der Waals surface area contributed by atoms with E-state index in [0.29, 0.717) is 6.54 Å². The van der Waals surface area contributed by atoms with E-state index in [4.69, 9.17) is 0 Å². The van der Waals surface area contributed by atoms with E-state index < -0.39 is 0 Å². The Labute approximate surface area is 176 Å². The largest absolute Gasteiger partial charge is 0.356 e. The van der Waals surface area contributed by atoms with Gasteiger partial charge in [-0.15, -0.1) is 0 Å². The molecule has 4 rings (SSSR count). The van der Waals surface area contributed by atoms with Gasteiger partial charge in [-0.05, 0) is 23.6 Å². The normalized spacial score (nSPS) is 11.6. The van der Waals surface area contributed by atoms with Crippen LogP contribution in [-0.4, -0.2) is 46.5 Å². The summed E-state index contributed by atoms with van der Waals surface area (Å²) < 4.78 is 0. The number of nitrogens with one attached hydrogen (secondary N) is 2. The lowest BCUT2D eigenvalue weighted by Gasteiger charge is -2.21. The average molecular weight is 399 g/mol. The van der Waals surface area contributed by atoms with Gasteiger partial charge in [0.2, 0.25) is 0 Å². The zero-order valence-corrected chi connectivity index (χ0v) is 17.3. The molecule has 0 bridgehead atoms. The van der Waals surface area contributed by atoms with Gasteiger partial charge in [-0.3, -0.25) is 9.98 Å². The van der Waals surface area contributed by atoms with Crippen LogP contribution in [0.25, 0.3) is 22.2 Å². The van der Waals surface area contributed by atoms with Crippen LogP contribution in [0.4, 0.5) is 0 Å². The highest BCUT2D eigenvalue weighted by Gasteiger charge is 2.10. The van der Waals surface area contributed by atoms with Crippen LogP contribution in [0.15, 0.2) is 78.0 Å². The van der Waals surface area contributed by atoms with Crippen LogP contribution >= 0.6 is 0 Å². The molecular formula is C24H26N6. The van der Waals surface area contributed by atoms with Crippen molar-refractivity contribution in [3.8, 4) is 11.3 Å². The van der Waals surface area contributed by atoms with Crippen molar-refractivity contribution in [2.45, 2.75) is 13.0 Å². The van der Waals surface area contributed by atoms with E-state index in [1.807, 2.05) is 43.7 Å². The molecule has 152 valence electrons. The van der Waals surface area contributed by atoms with Gasteiger partial charge in [-0.2, -0.15) is 0 Å². The number of benzene rings is 2. The fourth-order valence-corrected chi connectivity index (χ4v) is 3.57. The highest BCUT2D eigenvalue weighted by atomic mass is 15.3. The summed E-state index contributed by atoms with van der Waals surface area (Å²) in [6.07, 6.45) is 4.60. The standard InChI is InChI=1S/C24H26N6/c1-25-24(27-15-13-20-11-6-10-19-12-7-14-26-23(19)20)30(2)17-22-28-16-21(29-22)18-8-4-3-5-9-18/h3-12,14,16H,13,15,17H2,1-2H3,(H,25,27)(H,28,29). The van der Waals surface area contributed by atoms with Crippen LogP contribution < -0.4 is 5.32 Å². The third-order valence-corrected chi connectivity index (χ3v) is 5.07. The Morgan fingerprint density at radius 1 is 1.03 bits per heavy atom. The number of nitrogens with zero attached hydrogens (tertiary/aromatic N) is 4. The molecule has 0 aliphatic rings. The van der Waals surface area contributed by atoms with Crippen LogP contribution in [0.1, 0.15) is 11.4 Å². The maximum absolute atomic E-state index is 4.54. The first kappa shape index (κ1) is 19.6. The minimum atomic E-state index is 0.641. The summed E-state index contributed by atoms with van der Waals surface area (Å²) >= 11 is 0. The summed E-state index contributed by atoms with van der Waals surface area (Å²) in [6, 6.07) is 20.6. The van der Waals surface area contributed by atoms with Crippen LogP contribution in [0.3, 0.4) is 0 Å². The summed E-state index contributed by atoms with van der Waals surface area (Å²) in [7, 11) is 3.81. The van der Waals surface area contributed by atoms with Gasteiger partial charge in [0.05, 0.1) is 24.0 Å². The van der Waals surface area contributed by atoms with Crippen molar-refractivity contribution in [2.75, 3.05) is 20.6 Å². The Morgan fingerprint density at radius 2 is 1.87 bits per heavy atom. The number of aromatic amines is 1. The van der Waals surface area contributed by atoms with E-state index in [1.165, 1.54) is 10.9 Å². The van der Waals surface area contributed by atoms with Crippen molar-refractivity contribution < 1.29 is 0 Å². The molecule has 0 aliphatic heterocycles. The molecule has 0 fully saturated rings. The van der Waals surface area contributed by atoms with Crippen molar-refractivity contribution >= 4 is 16.9 Å². The van der Waals surface area contributed by atoms with Gasteiger partial charge in [-0.25, -0.2) is 4.98 Å². The monoisotopic (exact) mass is 398 g/mol. The van der Waals surface area contributed by atoms with Crippen LogP contribution in [0.5, 0.6) is 0 Å². The number of hydrogen-bond donors (Lipinski definition) is 2. The van der Waals surface area contributed by atoms with Gasteiger partial charge in [0, 0.05) is 32.2 Å². The van der Waals surface area contributed by atoms with E-state index in [2.05, 4.69) is 66.6 Å². The molecule has 0 atom stereocenters. The fraction of sp³-hybridized carbons (Fsp3) is 0.208. The minimum Gasteiger partial charge on any atom is -0.356 e. The summed E-state index contributed by atoms with van der Waals surface area (Å²) in [5.41, 5.74) is 4.45. The number of guanidine groups is 1. The van der Waals surface area contributed by atoms with Crippen LogP contribution in [-0.2, 0) is 13.0 Å². The summed E-state index contributed by atoms with van der Waals surface area (Å²) in [5, 5.41) is 4.62. The average Bonchev–Trinajstić information content (AvgIpc) is 3.26. The Hall–Kier alpha value is -3.67. The molecule has 2 aromatic heterocycles. The van der Waals surface area contributed by atoms with E-state index in [-0.39, 0.29) is 0 Å². The van der Waals surface area contributed by atoms with Crippen molar-refractivity contribution in [3.63, 3.8) is 0 Å². The summed E-state index contributed by atoms with van der Waals surface area (Å²) in [4.78, 5) is 18.9. The van der Waals surface area contributed by atoms with E-state index in [0.717, 1.165) is 41.5 Å². The maximum atomic E-state index is 4.54. The number of aliphatic imine (C=N–C) groups is 1. The van der Waals surface area contributed by atoms with Crippen molar-refractivity contribution in [2.24, 2.45) is 4.99 Å². The SMILES string of the molecule is CN=C(NCCc1cccc2cccnc12)N(C)Cc1ncc(-c2ccccc2)[nH]1. The molecule has 0 saturated carbocycles. The predicted octanol–water partition coefficient (Wildman–Crippen LogP) is 3.87. The molecule has 0 radical (unpaired) electrons. The molecule has 6 heteroatoms. The second-order valence-corrected chi connectivity index (χ2v) is 7.18. The number of para-hydroxylation sites is 1. The first-order valence-electron chi connectivity index (χ1n) is 10.1. The Morgan fingerprint density at radius 3 is 2.70 bits per heavy atom. The van der Waals surface area contributed by atoms with Gasteiger partial charge in [-0.1, -0.05) is 54.6 Å². The second kappa shape index (κ2) is 9.22. The molecule has 4 aromatic rings. The number of aromatic nitrogens is 3. The number of imidazole rings is 1. The zero-order chi connectivity index (χ0) is 20.8. The second-order valence-electron chi connectivity index (χ2n) is 7.18. The third-order valence-electron chi connectivity index (χ3n) is 5.07. The lowest BCUT2D eigenvalue weighted by molar-refractivity contribution is 0.464. The Bertz CT molecular complexity index is 1130. The van der Waals surface area contributed by atoms with Gasteiger partial charge in [0.1, 0.15) is 5.82 Å². The molecule has 0 amide bonds. The minimum absolute atomic E-state index is 0.641. The number of hydrogen-bond acceptors (Lipinski definition) is 3. The number of fused-ring (bicyclic) bond motifs is 1. The van der Waals surface area contributed by atoms with Gasteiger partial charge in [0.15, 0.2) is 5.96 Å². The molecule has 0 unspecified atom stereocenters. The summed E-state index contributed by atoms with van der Waals surface area (Å²) in [6.45, 7) is 1.42. The molecule has 2 heterocycles. The smallest absolute Gasteiger partial charge is 0.193 e. The van der Waals surface area contributed by atoms with Crippen molar-refractivity contribution in [3.05, 3.63) is 84.4 Å². The maximum Gasteiger partial charge on any atom is 0.193 e. The van der Waals surface area contributed by atoms with E-state index in [9.17, 15) is 0 Å². The number of H-pyrrole nitrogens is 1. The third kappa shape index (κ3) is 4.49. The highest BCUT2D eigenvalue weighted by molar-refractivity contribution is 5.82. The summed E-state index contributed by atoms with van der Waals surface area (Å²) in [5.74, 6) is 1.73. The van der Waals surface area contributed by atoms with E-state index >= 15 is 0 Å². The first-order chi connectivity index (χ1) is 14.7. The molecule has 0 spiro atoms. The zero-order valence-electron chi connectivity index (χ0n) is 17.3. The number of pyridine rings is 1. The van der Waals surface area contributed by atoms with Crippen molar-refractivity contribution in [1.82, 2.24) is 25.2 Å². The van der Waals surface area contributed by atoms with Crippen molar-refractivity contribution in [1.29, 1.82) is 0 Å². The molecule has 2 N–H and O–H groups in total. The molecule has 6 nitrogen and oxygen atoms in total. The highest BCUT2D eigenvalue weighted by Crippen LogP contribution is 2.17. The Kier molecular flexibility index (Phi) is 6.03. The molecular weight excluding hydrogens is 372 g/mol. The van der Waals surface area contributed by atoms with Gasteiger partial charge in [0.25, 0.3) is 0 Å². The van der Waals surface area contributed by atoms with Crippen LogP contribution in [0.2, 0.25) is 0 Å². The molecule has 0 aliphatic carbocycles.